The molecule has 1 aliphatic rings. The third-order valence-electron chi connectivity index (χ3n) is 6.72. The first-order valence-corrected chi connectivity index (χ1v) is 16.9. The highest BCUT2D eigenvalue weighted by atomic mass is 32.2. The summed E-state index contributed by atoms with van der Waals surface area (Å²) in [6.45, 7) is 9.09. The lowest BCUT2D eigenvalue weighted by atomic mass is 9.99. The van der Waals surface area contributed by atoms with E-state index < -0.39 is 63.9 Å². The van der Waals surface area contributed by atoms with Gasteiger partial charge in [-0.05, 0) is 69.3 Å². The van der Waals surface area contributed by atoms with E-state index in [4.69, 9.17) is 18.9 Å². The molecule has 0 unspecified atom stereocenters. The zero-order chi connectivity index (χ0) is 33.1. The molecule has 11 heteroatoms. The molecule has 1 aliphatic heterocycles. The molecule has 0 bridgehead atoms. The Morgan fingerprint density at radius 1 is 0.804 bits per heavy atom. The molecule has 0 radical (unpaired) electrons. The monoisotopic (exact) mass is 663 g/mol. The summed E-state index contributed by atoms with van der Waals surface area (Å²) in [6.07, 6.45) is -1.37. The lowest BCUT2D eigenvalue weighted by Gasteiger charge is -2.43. The molecule has 0 spiro atoms. The van der Waals surface area contributed by atoms with Crippen LogP contribution < -0.4 is 0 Å². The molecule has 1 fully saturated rings. The number of hydrogen-bond donors (Lipinski definition) is 0. The summed E-state index contributed by atoms with van der Waals surface area (Å²) in [6, 6.07) is 24.9. The molecule has 9 nitrogen and oxygen atoms in total. The van der Waals surface area contributed by atoms with Gasteiger partial charge >= 0.3 is 17.9 Å². The van der Waals surface area contributed by atoms with Gasteiger partial charge in [0.15, 0.2) is 18.3 Å². The highest BCUT2D eigenvalue weighted by Crippen LogP contribution is 2.35. The SMILES string of the molecule is C=CCCS[C@H]1O[C@H](/C=N/[S@+]([O-])C(C)(C)C)[C@H](OC(=O)c2ccccc2)[C@H](OC(=O)c2ccccc2)[C@H]1OC(=O)c1ccccc1. The molecule has 6 atom stereocenters. The molecule has 0 saturated carbocycles. The summed E-state index contributed by atoms with van der Waals surface area (Å²) in [4.78, 5) is 40.4. The molecule has 3 aromatic carbocycles. The van der Waals surface area contributed by atoms with E-state index in [0.29, 0.717) is 12.2 Å². The minimum Gasteiger partial charge on any atom is -0.591 e. The lowest BCUT2D eigenvalue weighted by molar-refractivity contribution is -0.181. The molecule has 1 saturated heterocycles. The molecule has 1 heterocycles. The third kappa shape index (κ3) is 9.56. The van der Waals surface area contributed by atoms with Gasteiger partial charge in [0, 0.05) is 0 Å². The van der Waals surface area contributed by atoms with Crippen molar-refractivity contribution < 1.29 is 37.9 Å². The second-order valence-corrected chi connectivity index (χ2v) is 14.4. The molecule has 0 N–H and O–H groups in total. The van der Waals surface area contributed by atoms with Crippen LogP contribution in [0.5, 0.6) is 0 Å². The lowest BCUT2D eigenvalue weighted by Crippen LogP contribution is -2.61. The molecular weight excluding hydrogens is 627 g/mol. The molecule has 3 aromatic rings. The molecule has 0 aliphatic carbocycles. The Balaban J connectivity index is 1.80. The topological polar surface area (TPSA) is 124 Å². The van der Waals surface area contributed by atoms with E-state index in [1.54, 1.807) is 118 Å². The molecule has 4 rings (SSSR count). The van der Waals surface area contributed by atoms with Crippen molar-refractivity contribution in [3.05, 3.63) is 120 Å². The number of allylic oxidation sites excluding steroid dienone is 1. The van der Waals surface area contributed by atoms with Crippen LogP contribution in [0.2, 0.25) is 0 Å². The Kier molecular flexibility index (Phi) is 12.6. The van der Waals surface area contributed by atoms with Crippen molar-refractivity contribution >= 4 is 47.2 Å². The number of nitrogens with zero attached hydrogens (tertiary/aromatic N) is 1. The second kappa shape index (κ2) is 16.6. The average molecular weight is 664 g/mol. The number of rotatable bonds is 12. The van der Waals surface area contributed by atoms with Gasteiger partial charge in [-0.15, -0.1) is 18.3 Å². The van der Waals surface area contributed by atoms with Gasteiger partial charge in [-0.2, -0.15) is 0 Å². The van der Waals surface area contributed by atoms with Crippen molar-refractivity contribution in [2.45, 2.75) is 61.8 Å². The number of carbonyl (C=O) groups excluding carboxylic acids is 3. The normalized spacial score (nSPS) is 22.0. The van der Waals surface area contributed by atoms with E-state index in [9.17, 15) is 18.9 Å². The van der Waals surface area contributed by atoms with Crippen LogP contribution in [0, 0.1) is 0 Å². The van der Waals surface area contributed by atoms with Crippen LogP contribution in [0.15, 0.2) is 108 Å². The van der Waals surface area contributed by atoms with Crippen molar-refractivity contribution in [3.8, 4) is 0 Å². The smallest absolute Gasteiger partial charge is 0.338 e. The van der Waals surface area contributed by atoms with Crippen LogP contribution >= 0.6 is 11.8 Å². The van der Waals surface area contributed by atoms with Crippen molar-refractivity contribution in [2.75, 3.05) is 5.75 Å². The second-order valence-electron chi connectivity index (χ2n) is 11.2. The highest BCUT2D eigenvalue weighted by Gasteiger charge is 2.52. The van der Waals surface area contributed by atoms with Crippen LogP contribution in [0.3, 0.4) is 0 Å². The van der Waals surface area contributed by atoms with Gasteiger partial charge in [-0.25, -0.2) is 14.4 Å². The first-order chi connectivity index (χ1) is 22.1. The van der Waals surface area contributed by atoms with Crippen LogP contribution in [0.4, 0.5) is 0 Å². The summed E-state index contributed by atoms with van der Waals surface area (Å²) in [5.41, 5.74) is -0.143. The molecule has 0 amide bonds. The van der Waals surface area contributed by atoms with E-state index >= 15 is 0 Å². The van der Waals surface area contributed by atoms with Crippen molar-refractivity contribution in [2.24, 2.45) is 4.40 Å². The largest absolute Gasteiger partial charge is 0.591 e. The summed E-state index contributed by atoms with van der Waals surface area (Å²) in [7, 11) is 0. The maximum Gasteiger partial charge on any atom is 0.338 e. The fourth-order valence-corrected chi connectivity index (χ4v) is 6.01. The Hall–Kier alpha value is -3.90. The van der Waals surface area contributed by atoms with Gasteiger partial charge in [-0.3, -0.25) is 0 Å². The third-order valence-corrected chi connectivity index (χ3v) is 9.26. The van der Waals surface area contributed by atoms with E-state index in [2.05, 4.69) is 11.0 Å². The fraction of sp³-hybridized carbons (Fsp3) is 0.314. The van der Waals surface area contributed by atoms with Gasteiger partial charge in [0.25, 0.3) is 0 Å². The Labute approximate surface area is 276 Å². The Bertz CT molecular complexity index is 1480. The maximum absolute atomic E-state index is 13.5. The first kappa shape index (κ1) is 35.0. The van der Waals surface area contributed by atoms with Gasteiger partial charge < -0.3 is 23.5 Å². The quantitative estimate of drug-likeness (QED) is 0.0554. The zero-order valence-electron chi connectivity index (χ0n) is 25.9. The summed E-state index contributed by atoms with van der Waals surface area (Å²) in [5, 5.41) is 0. The molecule has 46 heavy (non-hydrogen) atoms. The zero-order valence-corrected chi connectivity index (χ0v) is 27.5. The predicted molar refractivity (Wildman–Crippen MR) is 179 cm³/mol. The van der Waals surface area contributed by atoms with Crippen LogP contribution in [-0.4, -0.2) is 69.0 Å². The summed E-state index contributed by atoms with van der Waals surface area (Å²) >= 11 is -0.365. The van der Waals surface area contributed by atoms with E-state index in [-0.39, 0.29) is 16.7 Å². The van der Waals surface area contributed by atoms with Crippen molar-refractivity contribution in [1.29, 1.82) is 0 Å². The van der Waals surface area contributed by atoms with Crippen molar-refractivity contribution in [3.63, 3.8) is 0 Å². The van der Waals surface area contributed by atoms with Gasteiger partial charge in [-0.1, -0.05) is 65.1 Å². The van der Waals surface area contributed by atoms with Crippen LogP contribution in [0.1, 0.15) is 58.3 Å². The Morgan fingerprint density at radius 2 is 1.24 bits per heavy atom. The maximum atomic E-state index is 13.5. The standard InChI is InChI=1S/C35H37NO8S2/c1-5-6-22-45-34-30(44-33(39)26-20-14-9-15-21-26)29(43-32(38)25-18-12-8-13-19-25)28(42-31(37)24-16-10-7-11-17-24)27(41-34)23-36-46(40)35(2,3)4/h5,7-21,23,27-30,34H,1,6,22H2,2-4H3/b36-23+/t27-,28+,29+,30-,34-,46-/m1/s1. The summed E-state index contributed by atoms with van der Waals surface area (Å²) < 4.78 is 41.0. The van der Waals surface area contributed by atoms with Gasteiger partial charge in [0.2, 0.25) is 0 Å². The van der Waals surface area contributed by atoms with E-state index in [1.807, 2.05) is 0 Å². The minimum atomic E-state index is -1.68. The molecular formula is C35H37NO8S2. The number of hydrogen-bond acceptors (Lipinski definition) is 10. The number of ether oxygens (including phenoxy) is 4. The van der Waals surface area contributed by atoms with E-state index in [1.165, 1.54) is 18.0 Å². The first-order valence-electron chi connectivity index (χ1n) is 14.7. The fourth-order valence-electron chi connectivity index (χ4n) is 4.32. The number of benzene rings is 3. The van der Waals surface area contributed by atoms with Gasteiger partial charge in [0.05, 0.1) is 22.9 Å². The molecule has 0 aromatic heterocycles. The van der Waals surface area contributed by atoms with Crippen molar-refractivity contribution in [1.82, 2.24) is 0 Å². The predicted octanol–water partition coefficient (Wildman–Crippen LogP) is 6.23. The Morgan fingerprint density at radius 3 is 1.67 bits per heavy atom. The average Bonchev–Trinajstić information content (AvgIpc) is 3.06. The number of esters is 3. The summed E-state index contributed by atoms with van der Waals surface area (Å²) in [5.74, 6) is -1.61. The molecule has 242 valence electrons. The number of thioether (sulfide) groups is 1. The van der Waals surface area contributed by atoms with Crippen LogP contribution in [0.25, 0.3) is 0 Å². The van der Waals surface area contributed by atoms with Crippen LogP contribution in [-0.2, 0) is 30.3 Å². The van der Waals surface area contributed by atoms with Gasteiger partial charge in [0.1, 0.15) is 27.6 Å². The highest BCUT2D eigenvalue weighted by molar-refractivity contribution is 7.99. The number of carbonyl (C=O) groups is 3. The van der Waals surface area contributed by atoms with E-state index in [0.717, 1.165) is 0 Å². The minimum absolute atomic E-state index is 0.241.